The molecule has 1 aliphatic rings. The van der Waals surface area contributed by atoms with Gasteiger partial charge in [0, 0.05) is 13.0 Å². The zero-order valence-electron chi connectivity index (χ0n) is 14.4. The molecule has 4 nitrogen and oxygen atoms in total. The summed E-state index contributed by atoms with van der Waals surface area (Å²) in [5, 5.41) is 6.18. The van der Waals surface area contributed by atoms with E-state index < -0.39 is 12.8 Å². The zero-order valence-corrected chi connectivity index (χ0v) is 14.4. The van der Waals surface area contributed by atoms with Crippen molar-refractivity contribution in [2.45, 2.75) is 38.9 Å². The van der Waals surface area contributed by atoms with Crippen molar-refractivity contribution in [2.75, 3.05) is 19.7 Å². The standard InChI is InChI=1S/C18H25F3N2O2/c1-13(15-5-3-7-22-11-15)8-17(24)23-10-14-4-2-6-16(9-14)25-12-18(19,20)21/h2,4,6,9,13,15,22H,3,5,7-8,10-12H2,1H3,(H,23,24). The first-order valence-electron chi connectivity index (χ1n) is 8.59. The van der Waals surface area contributed by atoms with Crippen LogP contribution in [0.5, 0.6) is 5.75 Å². The van der Waals surface area contributed by atoms with Crippen LogP contribution in [0.15, 0.2) is 24.3 Å². The third-order valence-corrected chi connectivity index (χ3v) is 4.44. The Bertz CT molecular complexity index is 557. The fourth-order valence-electron chi connectivity index (χ4n) is 3.01. The minimum Gasteiger partial charge on any atom is -0.484 e. The lowest BCUT2D eigenvalue weighted by Crippen LogP contribution is -2.35. The van der Waals surface area contributed by atoms with Crippen molar-refractivity contribution in [2.24, 2.45) is 11.8 Å². The molecule has 1 saturated heterocycles. The summed E-state index contributed by atoms with van der Waals surface area (Å²) in [6.07, 6.45) is -1.63. The Morgan fingerprint density at radius 1 is 1.44 bits per heavy atom. The molecule has 140 valence electrons. The normalized spacial score (nSPS) is 19.3. The van der Waals surface area contributed by atoms with Crippen LogP contribution in [0.1, 0.15) is 31.7 Å². The smallest absolute Gasteiger partial charge is 0.422 e. The summed E-state index contributed by atoms with van der Waals surface area (Å²) in [6.45, 7) is 3.03. The average molecular weight is 358 g/mol. The monoisotopic (exact) mass is 358 g/mol. The highest BCUT2D eigenvalue weighted by Crippen LogP contribution is 2.22. The Balaban J connectivity index is 1.77. The van der Waals surface area contributed by atoms with Crippen LogP contribution in [0.4, 0.5) is 13.2 Å². The first kappa shape index (κ1) is 19.6. The summed E-state index contributed by atoms with van der Waals surface area (Å²) in [5.41, 5.74) is 0.708. The number of hydrogen-bond acceptors (Lipinski definition) is 3. The molecule has 1 aliphatic heterocycles. The minimum absolute atomic E-state index is 0.0420. The van der Waals surface area contributed by atoms with Gasteiger partial charge in [-0.05, 0) is 55.5 Å². The Morgan fingerprint density at radius 2 is 2.24 bits per heavy atom. The maximum Gasteiger partial charge on any atom is 0.422 e. The number of carbonyl (C=O) groups is 1. The van der Waals surface area contributed by atoms with Crippen LogP contribution in [-0.4, -0.2) is 31.8 Å². The van der Waals surface area contributed by atoms with Gasteiger partial charge in [-0.2, -0.15) is 13.2 Å². The lowest BCUT2D eigenvalue weighted by Gasteiger charge is -2.28. The fraction of sp³-hybridized carbons (Fsp3) is 0.611. The van der Waals surface area contributed by atoms with Crippen molar-refractivity contribution in [1.82, 2.24) is 10.6 Å². The van der Waals surface area contributed by atoms with Gasteiger partial charge in [0.1, 0.15) is 5.75 Å². The molecule has 0 aromatic heterocycles. The second-order valence-corrected chi connectivity index (χ2v) is 6.62. The first-order valence-corrected chi connectivity index (χ1v) is 8.59. The van der Waals surface area contributed by atoms with E-state index in [1.165, 1.54) is 12.1 Å². The van der Waals surface area contributed by atoms with Crippen LogP contribution in [0.3, 0.4) is 0 Å². The predicted octanol–water partition coefficient (Wildman–Crippen LogP) is 3.27. The maximum atomic E-state index is 12.2. The predicted molar refractivity (Wildman–Crippen MR) is 89.2 cm³/mol. The highest BCUT2D eigenvalue weighted by Gasteiger charge is 2.28. The van der Waals surface area contributed by atoms with E-state index in [1.807, 2.05) is 0 Å². The zero-order chi connectivity index (χ0) is 18.3. The van der Waals surface area contributed by atoms with Gasteiger partial charge >= 0.3 is 6.18 Å². The van der Waals surface area contributed by atoms with E-state index in [9.17, 15) is 18.0 Å². The molecule has 25 heavy (non-hydrogen) atoms. The van der Waals surface area contributed by atoms with E-state index >= 15 is 0 Å². The number of ether oxygens (including phenoxy) is 1. The van der Waals surface area contributed by atoms with Gasteiger partial charge in [-0.3, -0.25) is 4.79 Å². The fourth-order valence-corrected chi connectivity index (χ4v) is 3.01. The first-order chi connectivity index (χ1) is 11.8. The van der Waals surface area contributed by atoms with E-state index in [2.05, 4.69) is 17.6 Å². The molecule has 0 aliphatic carbocycles. The number of amides is 1. The Labute approximate surface area is 146 Å². The molecule has 2 rings (SSSR count). The number of piperidine rings is 1. The van der Waals surface area contributed by atoms with Gasteiger partial charge < -0.3 is 15.4 Å². The Hall–Kier alpha value is -1.76. The van der Waals surface area contributed by atoms with Crippen LogP contribution >= 0.6 is 0 Å². The topological polar surface area (TPSA) is 50.4 Å². The van der Waals surface area contributed by atoms with Gasteiger partial charge in [-0.15, -0.1) is 0 Å². The molecule has 0 spiro atoms. The molecule has 1 aromatic carbocycles. The summed E-state index contributed by atoms with van der Waals surface area (Å²) in [4.78, 5) is 12.1. The summed E-state index contributed by atoms with van der Waals surface area (Å²) in [7, 11) is 0. The van der Waals surface area contributed by atoms with Crippen molar-refractivity contribution in [1.29, 1.82) is 0 Å². The number of nitrogens with one attached hydrogen (secondary N) is 2. The van der Waals surface area contributed by atoms with Gasteiger partial charge in [0.2, 0.25) is 5.91 Å². The molecule has 0 radical (unpaired) electrons. The van der Waals surface area contributed by atoms with E-state index in [4.69, 9.17) is 4.74 Å². The van der Waals surface area contributed by atoms with E-state index in [1.54, 1.807) is 12.1 Å². The number of carbonyl (C=O) groups excluding carboxylic acids is 1. The molecule has 2 atom stereocenters. The lowest BCUT2D eigenvalue weighted by molar-refractivity contribution is -0.153. The summed E-state index contributed by atoms with van der Waals surface area (Å²) < 4.78 is 41.3. The second-order valence-electron chi connectivity index (χ2n) is 6.62. The van der Waals surface area contributed by atoms with Crippen molar-refractivity contribution in [3.05, 3.63) is 29.8 Å². The summed E-state index contributed by atoms with van der Waals surface area (Å²) in [6, 6.07) is 6.34. The number of halogens is 3. The van der Waals surface area contributed by atoms with Gasteiger partial charge in [0.05, 0.1) is 0 Å². The highest BCUT2D eigenvalue weighted by atomic mass is 19.4. The van der Waals surface area contributed by atoms with E-state index in [0.29, 0.717) is 23.8 Å². The number of hydrogen-bond donors (Lipinski definition) is 2. The molecule has 2 N–H and O–H groups in total. The summed E-state index contributed by atoms with van der Waals surface area (Å²) in [5.74, 6) is 0.915. The Kier molecular flexibility index (Phi) is 7.11. The molecular formula is C18H25F3N2O2. The maximum absolute atomic E-state index is 12.2. The highest BCUT2D eigenvalue weighted by molar-refractivity contribution is 5.76. The van der Waals surface area contributed by atoms with Crippen LogP contribution in [0.2, 0.25) is 0 Å². The second kappa shape index (κ2) is 9.08. The SMILES string of the molecule is CC(CC(=O)NCc1cccc(OCC(F)(F)F)c1)C1CCCNC1. The average Bonchev–Trinajstić information content (AvgIpc) is 2.59. The molecule has 0 saturated carbocycles. The van der Waals surface area contributed by atoms with Gasteiger partial charge in [-0.25, -0.2) is 0 Å². The van der Waals surface area contributed by atoms with Crippen LogP contribution in [0.25, 0.3) is 0 Å². The molecule has 7 heteroatoms. The van der Waals surface area contributed by atoms with E-state index in [0.717, 1.165) is 25.9 Å². The van der Waals surface area contributed by atoms with Crippen LogP contribution < -0.4 is 15.4 Å². The largest absolute Gasteiger partial charge is 0.484 e. The van der Waals surface area contributed by atoms with Gasteiger partial charge in [-0.1, -0.05) is 19.1 Å². The van der Waals surface area contributed by atoms with Crippen LogP contribution in [-0.2, 0) is 11.3 Å². The van der Waals surface area contributed by atoms with Crippen molar-refractivity contribution in [3.8, 4) is 5.75 Å². The van der Waals surface area contributed by atoms with Crippen molar-refractivity contribution >= 4 is 5.91 Å². The molecule has 1 fully saturated rings. The lowest BCUT2D eigenvalue weighted by atomic mass is 9.85. The molecule has 1 amide bonds. The van der Waals surface area contributed by atoms with Crippen molar-refractivity contribution < 1.29 is 22.7 Å². The van der Waals surface area contributed by atoms with Crippen LogP contribution in [0, 0.1) is 11.8 Å². The van der Waals surface area contributed by atoms with Crippen molar-refractivity contribution in [3.63, 3.8) is 0 Å². The third kappa shape index (κ3) is 7.34. The molecule has 1 aromatic rings. The minimum atomic E-state index is -4.37. The number of benzene rings is 1. The number of alkyl halides is 3. The Morgan fingerprint density at radius 3 is 2.92 bits per heavy atom. The molecule has 2 unspecified atom stereocenters. The van der Waals surface area contributed by atoms with E-state index in [-0.39, 0.29) is 18.2 Å². The molecule has 1 heterocycles. The van der Waals surface area contributed by atoms with Gasteiger partial charge in [0.25, 0.3) is 0 Å². The summed E-state index contributed by atoms with van der Waals surface area (Å²) >= 11 is 0. The number of rotatable bonds is 7. The van der Waals surface area contributed by atoms with Gasteiger partial charge in [0.15, 0.2) is 6.61 Å². The third-order valence-electron chi connectivity index (χ3n) is 4.44. The quantitative estimate of drug-likeness (QED) is 0.787. The molecule has 0 bridgehead atoms. The molecular weight excluding hydrogens is 333 g/mol.